The molecule has 2 rings (SSSR count). The summed E-state index contributed by atoms with van der Waals surface area (Å²) in [6.07, 6.45) is 3.03. The number of fused-ring (bicyclic) bond motifs is 1. The van der Waals surface area contributed by atoms with Crippen molar-refractivity contribution in [3.05, 3.63) is 54.2 Å². The Kier molecular flexibility index (Phi) is 1.89. The average Bonchev–Trinajstić information content (AvgIpc) is 2.46. The molecule has 1 aliphatic heterocycles. The molecule has 0 saturated carbocycles. The van der Waals surface area contributed by atoms with Gasteiger partial charge < -0.3 is 4.74 Å². The molecule has 0 aromatic heterocycles. The van der Waals surface area contributed by atoms with E-state index in [0.29, 0.717) is 18.1 Å². The summed E-state index contributed by atoms with van der Waals surface area (Å²) in [5.74, 6) is -0.257. The normalized spacial score (nSPS) is 15.2. The van der Waals surface area contributed by atoms with Crippen LogP contribution in [0, 0.1) is 6.10 Å². The smallest absolute Gasteiger partial charge is 0.339 e. The van der Waals surface area contributed by atoms with E-state index >= 15 is 0 Å². The third-order valence-electron chi connectivity index (χ3n) is 1.99. The van der Waals surface area contributed by atoms with Gasteiger partial charge in [0.1, 0.15) is 0 Å². The Bertz CT molecular complexity index is 355. The lowest BCUT2D eigenvalue weighted by molar-refractivity contribution is 0.0598. The van der Waals surface area contributed by atoms with Crippen LogP contribution in [0.15, 0.2) is 36.9 Å². The second-order valence-electron chi connectivity index (χ2n) is 2.85. The molecule has 0 aliphatic carbocycles. The molecule has 2 heteroatoms. The number of hydrogen-bond donors (Lipinski definition) is 0. The molecule has 13 heavy (non-hydrogen) atoms. The van der Waals surface area contributed by atoms with Gasteiger partial charge in [-0.1, -0.05) is 24.3 Å². The van der Waals surface area contributed by atoms with E-state index < -0.39 is 0 Å². The molecule has 0 N–H and O–H groups in total. The van der Waals surface area contributed by atoms with Crippen LogP contribution < -0.4 is 0 Å². The fourth-order valence-electron chi connectivity index (χ4n) is 1.41. The standard InChI is InChI=1S/C11H9O2/c1-2-5-10-8-6-3-4-7-9(8)11(12)13-10/h2-4,6-7H,1,5H2. The van der Waals surface area contributed by atoms with Crippen LogP contribution in [-0.2, 0) is 4.74 Å². The van der Waals surface area contributed by atoms with Crippen molar-refractivity contribution < 1.29 is 9.53 Å². The molecule has 0 saturated heterocycles. The Morgan fingerprint density at radius 2 is 2.00 bits per heavy atom. The number of carbonyl (C=O) groups excluding carboxylic acids is 1. The molecule has 0 amide bonds. The lowest BCUT2D eigenvalue weighted by Gasteiger charge is -2.03. The topological polar surface area (TPSA) is 26.3 Å². The molecule has 0 bridgehead atoms. The fourth-order valence-corrected chi connectivity index (χ4v) is 1.41. The largest absolute Gasteiger partial charge is 0.445 e. The van der Waals surface area contributed by atoms with Crippen molar-refractivity contribution in [3.63, 3.8) is 0 Å². The van der Waals surface area contributed by atoms with Gasteiger partial charge >= 0.3 is 5.97 Å². The van der Waals surface area contributed by atoms with Gasteiger partial charge in [-0.15, -0.1) is 6.58 Å². The van der Waals surface area contributed by atoms with Crippen LogP contribution >= 0.6 is 0 Å². The lowest BCUT2D eigenvalue weighted by atomic mass is 10.0. The Morgan fingerprint density at radius 3 is 2.69 bits per heavy atom. The zero-order valence-electron chi connectivity index (χ0n) is 7.12. The van der Waals surface area contributed by atoms with Gasteiger partial charge in [-0.05, 0) is 6.07 Å². The highest BCUT2D eigenvalue weighted by Gasteiger charge is 2.30. The van der Waals surface area contributed by atoms with Crippen molar-refractivity contribution in [1.29, 1.82) is 0 Å². The summed E-state index contributed by atoms with van der Waals surface area (Å²) in [5.41, 5.74) is 1.55. The van der Waals surface area contributed by atoms with Crippen molar-refractivity contribution in [3.8, 4) is 0 Å². The first-order valence-electron chi connectivity index (χ1n) is 4.11. The van der Waals surface area contributed by atoms with Crippen molar-refractivity contribution >= 4 is 5.97 Å². The van der Waals surface area contributed by atoms with Gasteiger partial charge in [0.15, 0.2) is 6.10 Å². The third kappa shape index (κ3) is 1.24. The van der Waals surface area contributed by atoms with Gasteiger partial charge in [-0.3, -0.25) is 0 Å². The fraction of sp³-hybridized carbons (Fsp3) is 0.0909. The summed E-state index contributed by atoms with van der Waals surface area (Å²) in [7, 11) is 0. The van der Waals surface area contributed by atoms with Gasteiger partial charge in [-0.25, -0.2) is 4.79 Å². The second-order valence-corrected chi connectivity index (χ2v) is 2.85. The molecular weight excluding hydrogens is 164 g/mol. The molecule has 0 unspecified atom stereocenters. The van der Waals surface area contributed by atoms with E-state index in [1.165, 1.54) is 0 Å². The maximum atomic E-state index is 11.3. The predicted molar refractivity (Wildman–Crippen MR) is 49.0 cm³/mol. The van der Waals surface area contributed by atoms with Crippen LogP contribution in [0.4, 0.5) is 0 Å². The van der Waals surface area contributed by atoms with E-state index in [-0.39, 0.29) is 5.97 Å². The van der Waals surface area contributed by atoms with E-state index in [2.05, 4.69) is 6.58 Å². The Labute approximate surface area is 76.8 Å². The van der Waals surface area contributed by atoms with Gasteiger partial charge in [0, 0.05) is 12.0 Å². The molecule has 65 valence electrons. The van der Waals surface area contributed by atoms with Gasteiger partial charge in [-0.2, -0.15) is 0 Å². The molecule has 1 aromatic carbocycles. The van der Waals surface area contributed by atoms with Crippen molar-refractivity contribution in [1.82, 2.24) is 0 Å². The molecule has 1 heterocycles. The van der Waals surface area contributed by atoms with E-state index in [1.807, 2.05) is 18.2 Å². The van der Waals surface area contributed by atoms with Crippen molar-refractivity contribution in [2.24, 2.45) is 0 Å². The van der Waals surface area contributed by atoms with Gasteiger partial charge in [0.25, 0.3) is 0 Å². The molecule has 2 nitrogen and oxygen atoms in total. The van der Waals surface area contributed by atoms with Crippen LogP contribution in [0.2, 0.25) is 0 Å². The van der Waals surface area contributed by atoms with Crippen LogP contribution in [-0.4, -0.2) is 5.97 Å². The number of rotatable bonds is 2. The zero-order valence-corrected chi connectivity index (χ0v) is 7.12. The second kappa shape index (κ2) is 3.05. The van der Waals surface area contributed by atoms with Crippen LogP contribution in [0.1, 0.15) is 22.3 Å². The van der Waals surface area contributed by atoms with Crippen molar-refractivity contribution in [2.45, 2.75) is 6.42 Å². The minimum absolute atomic E-state index is 0.257. The first-order chi connectivity index (χ1) is 6.33. The summed E-state index contributed by atoms with van der Waals surface area (Å²) in [4.78, 5) is 11.3. The molecule has 1 radical (unpaired) electrons. The molecule has 0 atom stereocenters. The first kappa shape index (κ1) is 8.05. The number of esters is 1. The quantitative estimate of drug-likeness (QED) is 0.506. The lowest BCUT2D eigenvalue weighted by Crippen LogP contribution is -1.97. The van der Waals surface area contributed by atoms with Crippen LogP contribution in [0.3, 0.4) is 0 Å². The number of carbonyl (C=O) groups is 1. The molecule has 0 spiro atoms. The highest BCUT2D eigenvalue weighted by atomic mass is 16.5. The molecule has 1 aromatic rings. The van der Waals surface area contributed by atoms with E-state index in [4.69, 9.17) is 4.74 Å². The van der Waals surface area contributed by atoms with Gasteiger partial charge in [0.05, 0.1) is 5.56 Å². The SMILES string of the molecule is C=CC[C]1OC(=O)c2ccccc21. The minimum Gasteiger partial charge on any atom is -0.445 e. The zero-order chi connectivity index (χ0) is 9.26. The third-order valence-corrected chi connectivity index (χ3v) is 1.99. The average molecular weight is 173 g/mol. The maximum Gasteiger partial charge on any atom is 0.339 e. The summed E-state index contributed by atoms with van der Waals surface area (Å²) >= 11 is 0. The Morgan fingerprint density at radius 1 is 1.31 bits per heavy atom. The maximum absolute atomic E-state index is 11.3. The Hall–Kier alpha value is -1.57. The first-order valence-corrected chi connectivity index (χ1v) is 4.11. The Balaban J connectivity index is 2.41. The number of cyclic esters (lactones) is 1. The highest BCUT2D eigenvalue weighted by Crippen LogP contribution is 2.31. The minimum atomic E-state index is -0.257. The molecule has 0 fully saturated rings. The van der Waals surface area contributed by atoms with E-state index in [0.717, 1.165) is 5.56 Å². The van der Waals surface area contributed by atoms with Crippen LogP contribution in [0.25, 0.3) is 0 Å². The highest BCUT2D eigenvalue weighted by molar-refractivity contribution is 5.95. The van der Waals surface area contributed by atoms with E-state index in [9.17, 15) is 4.79 Å². The summed E-state index contributed by atoms with van der Waals surface area (Å²) in [6, 6.07) is 7.38. The molecular formula is C11H9O2. The summed E-state index contributed by atoms with van der Waals surface area (Å²) < 4.78 is 5.08. The molecule has 1 aliphatic rings. The van der Waals surface area contributed by atoms with E-state index in [1.54, 1.807) is 12.1 Å². The van der Waals surface area contributed by atoms with Crippen molar-refractivity contribution in [2.75, 3.05) is 0 Å². The number of ether oxygens (including phenoxy) is 1. The van der Waals surface area contributed by atoms with Gasteiger partial charge in [0.2, 0.25) is 0 Å². The number of benzene rings is 1. The van der Waals surface area contributed by atoms with Crippen LogP contribution in [0.5, 0.6) is 0 Å². The predicted octanol–water partition coefficient (Wildman–Crippen LogP) is 2.31. The monoisotopic (exact) mass is 173 g/mol. The number of hydrogen-bond acceptors (Lipinski definition) is 2. The summed E-state index contributed by atoms with van der Waals surface area (Å²) in [5, 5.41) is 0. The summed E-state index contributed by atoms with van der Waals surface area (Å²) in [6.45, 7) is 3.61.